The summed E-state index contributed by atoms with van der Waals surface area (Å²) < 4.78 is 133. The number of methoxy groups -OCH3 is 2. The monoisotopic (exact) mass is 973 g/mol. The molecule has 21 heteroatoms. The van der Waals surface area contributed by atoms with E-state index < -0.39 is 89.7 Å². The Kier molecular flexibility index (Phi) is 16.9. The molecule has 0 saturated carbocycles. The van der Waals surface area contributed by atoms with E-state index in [4.69, 9.17) is 24.7 Å². The maximum atomic E-state index is 13.7. The molecule has 0 aliphatic rings. The molecule has 2 atom stereocenters. The number of hydrogen-bond acceptors (Lipinski definition) is 13. The Morgan fingerprint density at radius 3 is 1.43 bits per heavy atom. The number of halogens is 8. The fourth-order valence-electron chi connectivity index (χ4n) is 6.04. The molecular weight excluding hydrogens is 935 g/mol. The molecule has 0 aliphatic heterocycles. The number of rotatable bonds is 22. The third-order valence-electron chi connectivity index (χ3n) is 9.64. The van der Waals surface area contributed by atoms with Crippen LogP contribution in [-0.2, 0) is 16.0 Å². The highest BCUT2D eigenvalue weighted by atomic mass is 19.3. The van der Waals surface area contributed by atoms with Gasteiger partial charge in [-0.15, -0.1) is 0 Å². The molecule has 0 radical (unpaired) electrons. The van der Waals surface area contributed by atoms with Crippen LogP contribution in [0.3, 0.4) is 0 Å². The van der Waals surface area contributed by atoms with Crippen LogP contribution in [0, 0.1) is 0 Å². The lowest BCUT2D eigenvalue weighted by molar-refractivity contribution is -0.253. The van der Waals surface area contributed by atoms with Gasteiger partial charge in [0.25, 0.3) is 0 Å². The Balaban J connectivity index is 1.22. The lowest BCUT2D eigenvalue weighted by atomic mass is 9.83. The first-order valence-electron chi connectivity index (χ1n) is 19.9. The number of aliphatic hydroxyl groups is 2. The van der Waals surface area contributed by atoms with E-state index in [1.807, 2.05) is 0 Å². The van der Waals surface area contributed by atoms with Crippen LogP contribution in [0.25, 0.3) is 12.2 Å². The maximum absolute atomic E-state index is 13.7. The molecule has 5 aromatic rings. The van der Waals surface area contributed by atoms with E-state index in [-0.39, 0.29) is 29.0 Å². The first kappa shape index (κ1) is 52.2. The highest BCUT2D eigenvalue weighted by Gasteiger charge is 2.45. The average Bonchev–Trinajstić information content (AvgIpc) is 3.31. The van der Waals surface area contributed by atoms with Gasteiger partial charge in [-0.05, 0) is 102 Å². The van der Waals surface area contributed by atoms with Crippen molar-refractivity contribution >= 4 is 41.3 Å². The molecule has 0 bridgehead atoms. The molecule has 13 nitrogen and oxygen atoms in total. The third-order valence-corrected chi connectivity index (χ3v) is 9.64. The van der Waals surface area contributed by atoms with E-state index in [1.54, 1.807) is 12.1 Å². The van der Waals surface area contributed by atoms with E-state index >= 15 is 0 Å². The van der Waals surface area contributed by atoms with Gasteiger partial charge in [-0.2, -0.15) is 35.1 Å². The summed E-state index contributed by atoms with van der Waals surface area (Å²) >= 11 is 0. The van der Waals surface area contributed by atoms with Gasteiger partial charge in [0.1, 0.15) is 23.2 Å². The zero-order chi connectivity index (χ0) is 50.7. The van der Waals surface area contributed by atoms with Crippen molar-refractivity contribution in [3.8, 4) is 34.5 Å². The number of nitrogen functional groups attached to an aromatic ring is 1. The molecule has 69 heavy (non-hydrogen) atoms. The van der Waals surface area contributed by atoms with E-state index in [0.29, 0.717) is 22.4 Å². The Morgan fingerprint density at radius 1 is 0.609 bits per heavy atom. The Hall–Kier alpha value is -7.78. The van der Waals surface area contributed by atoms with Gasteiger partial charge in [-0.25, -0.2) is 9.59 Å². The summed E-state index contributed by atoms with van der Waals surface area (Å²) in [4.78, 5) is 52.3. The lowest BCUT2D eigenvalue weighted by Crippen LogP contribution is -2.44. The molecule has 364 valence electrons. The third kappa shape index (κ3) is 14.1. The zero-order valence-electron chi connectivity index (χ0n) is 35.9. The second kappa shape index (κ2) is 22.3. The Bertz CT molecular complexity index is 2680. The quantitative estimate of drug-likeness (QED) is 0.0196. The van der Waals surface area contributed by atoms with E-state index in [0.717, 1.165) is 62.8 Å². The number of benzene rings is 5. The predicted molar refractivity (Wildman–Crippen MR) is 230 cm³/mol. The minimum absolute atomic E-state index is 0.00496. The van der Waals surface area contributed by atoms with Crippen molar-refractivity contribution in [2.45, 2.75) is 49.6 Å². The van der Waals surface area contributed by atoms with Crippen molar-refractivity contribution in [2.24, 2.45) is 0 Å². The SMILES string of the molecule is COc1cc(C(=O)Oc2ccc(/C=C/C(=O)C(O)CC(O)(Cc3ccc(N)cc3)C(=O)/C=C/c3ccc(OC(=O)c4ccc(OC(F)(F)C(F)F)c(OC)c4)cc3)cc2)ccc1OC(F)(F)C(F)F. The van der Waals surface area contributed by atoms with Gasteiger partial charge in [-0.3, -0.25) is 9.59 Å². The van der Waals surface area contributed by atoms with Crippen LogP contribution in [0.15, 0.2) is 121 Å². The minimum atomic E-state index is -4.83. The molecule has 4 N–H and O–H groups in total. The van der Waals surface area contributed by atoms with Crippen molar-refractivity contribution in [2.75, 3.05) is 20.0 Å². The molecule has 5 aromatic carbocycles. The van der Waals surface area contributed by atoms with Gasteiger partial charge in [0.05, 0.1) is 25.3 Å². The highest BCUT2D eigenvalue weighted by molar-refractivity contribution is 6.02. The second-order valence-electron chi connectivity index (χ2n) is 14.7. The summed E-state index contributed by atoms with van der Waals surface area (Å²) in [6.45, 7) is 0. The van der Waals surface area contributed by atoms with Gasteiger partial charge >= 0.3 is 37.0 Å². The summed E-state index contributed by atoms with van der Waals surface area (Å²) in [6.07, 6.45) is -16.3. The van der Waals surface area contributed by atoms with E-state index in [1.165, 1.54) is 72.8 Å². The standard InChI is InChI=1S/C48H39F8NO12/c1-64-39-23-30(11-20-37(39)68-47(53,54)44(49)50)42(61)66-33-15-5-27(6-16-33)9-19-35(58)36(59)26-46(63,25-29-3-13-32(57)14-4-29)41(60)22-10-28-7-17-34(18-8-28)67-43(62)31-12-21-38(40(24-31)65-2)69-48(55,56)45(51)52/h3-24,36,44-45,59,63H,25-26,57H2,1-2H3/b19-9+,22-10+. The van der Waals surface area contributed by atoms with Gasteiger partial charge in [0.2, 0.25) is 0 Å². The molecule has 2 unspecified atom stereocenters. The number of nitrogens with two attached hydrogens (primary N) is 1. The molecule has 0 spiro atoms. The number of aliphatic hydroxyl groups excluding tert-OH is 1. The zero-order valence-corrected chi connectivity index (χ0v) is 35.9. The van der Waals surface area contributed by atoms with Crippen LogP contribution >= 0.6 is 0 Å². The summed E-state index contributed by atoms with van der Waals surface area (Å²) in [7, 11) is 2.08. The van der Waals surface area contributed by atoms with Crippen molar-refractivity contribution in [3.05, 3.63) is 149 Å². The number of hydrogen-bond donors (Lipinski definition) is 3. The second-order valence-corrected chi connectivity index (χ2v) is 14.7. The number of ketones is 2. The molecular formula is C48H39F8NO12. The maximum Gasteiger partial charge on any atom is 0.461 e. The van der Waals surface area contributed by atoms with Gasteiger partial charge in [0.15, 0.2) is 34.6 Å². The van der Waals surface area contributed by atoms with Crippen molar-refractivity contribution in [1.29, 1.82) is 0 Å². The predicted octanol–water partition coefficient (Wildman–Crippen LogP) is 8.79. The number of alkyl halides is 8. The number of carbonyl (C=O) groups is 4. The van der Waals surface area contributed by atoms with Crippen LogP contribution in [-0.4, -0.2) is 84.7 Å². The van der Waals surface area contributed by atoms with Crippen LogP contribution < -0.4 is 34.2 Å². The van der Waals surface area contributed by atoms with Crippen molar-refractivity contribution in [1.82, 2.24) is 0 Å². The smallest absolute Gasteiger partial charge is 0.461 e. The molecule has 0 heterocycles. The Labute approximate surface area is 386 Å². The highest BCUT2D eigenvalue weighted by Crippen LogP contribution is 2.37. The number of esters is 2. The number of anilines is 1. The minimum Gasteiger partial charge on any atom is -0.493 e. The van der Waals surface area contributed by atoms with Gasteiger partial charge in [-0.1, -0.05) is 48.6 Å². The summed E-state index contributed by atoms with van der Waals surface area (Å²) in [5.74, 6) is -6.19. The summed E-state index contributed by atoms with van der Waals surface area (Å²) in [6, 6.07) is 22.7. The molecule has 5 rings (SSSR count). The fraction of sp³-hybridized carbons (Fsp3) is 0.208. The van der Waals surface area contributed by atoms with Crippen molar-refractivity contribution < 1.29 is 92.9 Å². The van der Waals surface area contributed by atoms with E-state index in [9.17, 15) is 64.5 Å². The van der Waals surface area contributed by atoms with Crippen LogP contribution in [0.1, 0.15) is 43.8 Å². The Morgan fingerprint density at radius 2 is 1.03 bits per heavy atom. The molecule has 0 saturated heterocycles. The first-order valence-corrected chi connectivity index (χ1v) is 19.9. The summed E-state index contributed by atoms with van der Waals surface area (Å²) in [5, 5.41) is 22.7. The molecule has 0 aliphatic carbocycles. The average molecular weight is 974 g/mol. The first-order chi connectivity index (χ1) is 32.5. The summed E-state index contributed by atoms with van der Waals surface area (Å²) in [5.41, 5.74) is 4.58. The molecule has 0 fully saturated rings. The van der Waals surface area contributed by atoms with Crippen LogP contribution in [0.4, 0.5) is 40.8 Å². The number of ether oxygens (including phenoxy) is 6. The topological polar surface area (TPSA) is 190 Å². The molecule has 0 amide bonds. The van der Waals surface area contributed by atoms with Gasteiger partial charge < -0.3 is 44.4 Å². The normalized spacial score (nSPS) is 13.2. The van der Waals surface area contributed by atoms with E-state index in [2.05, 4.69) is 9.47 Å². The van der Waals surface area contributed by atoms with Crippen LogP contribution in [0.2, 0.25) is 0 Å². The van der Waals surface area contributed by atoms with Gasteiger partial charge in [0, 0.05) is 18.5 Å². The fourth-order valence-corrected chi connectivity index (χ4v) is 6.04. The van der Waals surface area contributed by atoms with Crippen molar-refractivity contribution in [3.63, 3.8) is 0 Å². The van der Waals surface area contributed by atoms with Crippen LogP contribution in [0.5, 0.6) is 34.5 Å². The number of carbonyl (C=O) groups excluding carboxylic acids is 4. The largest absolute Gasteiger partial charge is 0.493 e. The molecule has 0 aromatic heterocycles. The lowest BCUT2D eigenvalue weighted by Gasteiger charge is -2.27.